The van der Waals surface area contributed by atoms with Crippen LogP contribution in [0.3, 0.4) is 0 Å². The van der Waals surface area contributed by atoms with Gasteiger partial charge in [0.15, 0.2) is 0 Å². The van der Waals surface area contributed by atoms with Gasteiger partial charge in [-0.05, 0) is 37.1 Å². The van der Waals surface area contributed by atoms with Gasteiger partial charge >= 0.3 is 0 Å². The number of anilines is 2. The number of aryl methyl sites for hydroxylation is 1. The van der Waals surface area contributed by atoms with E-state index in [-0.39, 0.29) is 0 Å². The van der Waals surface area contributed by atoms with E-state index in [0.29, 0.717) is 0 Å². The molecule has 1 aromatic rings. The van der Waals surface area contributed by atoms with Gasteiger partial charge in [0.25, 0.3) is 0 Å². The highest BCUT2D eigenvalue weighted by molar-refractivity contribution is 7.84. The lowest BCUT2D eigenvalue weighted by Gasteiger charge is -2.07. The van der Waals surface area contributed by atoms with Crippen LogP contribution in [0.25, 0.3) is 0 Å². The van der Waals surface area contributed by atoms with Crippen LogP contribution in [0.15, 0.2) is 18.2 Å². The lowest BCUT2D eigenvalue weighted by Crippen LogP contribution is -2.06. The summed E-state index contributed by atoms with van der Waals surface area (Å²) in [5.41, 5.74) is 8.69. The molecule has 84 valence electrons. The molecule has 1 aromatic carbocycles. The minimum atomic E-state index is -0.692. The van der Waals surface area contributed by atoms with Gasteiger partial charge in [-0.1, -0.05) is 0 Å². The van der Waals surface area contributed by atoms with E-state index in [2.05, 4.69) is 5.32 Å². The second kappa shape index (κ2) is 5.75. The van der Waals surface area contributed by atoms with Crippen LogP contribution in [-0.2, 0) is 10.8 Å². The van der Waals surface area contributed by atoms with Gasteiger partial charge < -0.3 is 11.1 Å². The van der Waals surface area contributed by atoms with Gasteiger partial charge in [-0.3, -0.25) is 4.21 Å². The first-order chi connectivity index (χ1) is 7.09. The number of hydrogen-bond donors (Lipinski definition) is 2. The zero-order valence-corrected chi connectivity index (χ0v) is 10.1. The lowest BCUT2D eigenvalue weighted by atomic mass is 10.2. The predicted octanol–water partition coefficient (Wildman–Crippen LogP) is 1.76. The van der Waals surface area contributed by atoms with Crippen molar-refractivity contribution in [2.45, 2.75) is 13.3 Å². The Morgan fingerprint density at radius 2 is 2.20 bits per heavy atom. The van der Waals surface area contributed by atoms with Crippen molar-refractivity contribution in [2.75, 3.05) is 29.6 Å². The fourth-order valence-corrected chi connectivity index (χ4v) is 1.84. The highest BCUT2D eigenvalue weighted by atomic mass is 32.2. The van der Waals surface area contributed by atoms with Gasteiger partial charge in [-0.15, -0.1) is 0 Å². The summed E-state index contributed by atoms with van der Waals surface area (Å²) >= 11 is 0. The molecule has 3 nitrogen and oxygen atoms in total. The van der Waals surface area contributed by atoms with Crippen LogP contribution in [0.2, 0.25) is 0 Å². The van der Waals surface area contributed by atoms with E-state index < -0.39 is 10.8 Å². The van der Waals surface area contributed by atoms with E-state index in [1.165, 1.54) is 0 Å². The lowest BCUT2D eigenvalue weighted by molar-refractivity contribution is 0.685. The highest BCUT2D eigenvalue weighted by Crippen LogP contribution is 2.16. The molecule has 0 amide bonds. The van der Waals surface area contributed by atoms with Gasteiger partial charge in [0, 0.05) is 40.7 Å². The molecule has 15 heavy (non-hydrogen) atoms. The Morgan fingerprint density at radius 3 is 2.80 bits per heavy atom. The third-order valence-corrected chi connectivity index (χ3v) is 3.07. The topological polar surface area (TPSA) is 55.1 Å². The summed E-state index contributed by atoms with van der Waals surface area (Å²) < 4.78 is 10.8. The van der Waals surface area contributed by atoms with E-state index in [9.17, 15) is 4.21 Å². The SMILES string of the molecule is Cc1cc(NCCCS(C)=O)ccc1N. The molecule has 0 radical (unpaired) electrons. The van der Waals surface area contributed by atoms with Crippen LogP contribution in [0.1, 0.15) is 12.0 Å². The van der Waals surface area contributed by atoms with Crippen molar-refractivity contribution in [1.82, 2.24) is 0 Å². The average molecular weight is 226 g/mol. The molecule has 0 aliphatic carbocycles. The molecular weight excluding hydrogens is 208 g/mol. The normalized spacial score (nSPS) is 12.4. The monoisotopic (exact) mass is 226 g/mol. The number of rotatable bonds is 5. The van der Waals surface area contributed by atoms with E-state index in [1.807, 2.05) is 25.1 Å². The molecule has 1 rings (SSSR count). The largest absolute Gasteiger partial charge is 0.399 e. The van der Waals surface area contributed by atoms with Crippen molar-refractivity contribution in [3.05, 3.63) is 23.8 Å². The van der Waals surface area contributed by atoms with Crippen LogP contribution in [0, 0.1) is 6.92 Å². The standard InChI is InChI=1S/C11H18N2OS/c1-9-8-10(4-5-11(9)12)13-6-3-7-15(2)14/h4-5,8,13H,3,6-7,12H2,1-2H3. The van der Waals surface area contributed by atoms with Crippen molar-refractivity contribution in [1.29, 1.82) is 0 Å². The highest BCUT2D eigenvalue weighted by Gasteiger charge is 1.96. The minimum Gasteiger partial charge on any atom is -0.399 e. The summed E-state index contributed by atoms with van der Waals surface area (Å²) in [4.78, 5) is 0. The summed E-state index contributed by atoms with van der Waals surface area (Å²) in [6.45, 7) is 2.84. The maximum Gasteiger partial charge on any atom is 0.0345 e. The molecule has 0 fully saturated rings. The number of nitrogen functional groups attached to an aromatic ring is 1. The molecule has 3 N–H and O–H groups in total. The van der Waals surface area contributed by atoms with Crippen molar-refractivity contribution < 1.29 is 4.21 Å². The smallest absolute Gasteiger partial charge is 0.0345 e. The van der Waals surface area contributed by atoms with Crippen LogP contribution >= 0.6 is 0 Å². The maximum atomic E-state index is 10.8. The molecule has 1 atom stereocenters. The average Bonchev–Trinajstić information content (AvgIpc) is 2.18. The number of hydrogen-bond acceptors (Lipinski definition) is 3. The first kappa shape index (κ1) is 12.0. The molecule has 0 aliphatic rings. The van der Waals surface area contributed by atoms with E-state index in [4.69, 9.17) is 5.73 Å². The molecule has 0 aliphatic heterocycles. The Hall–Kier alpha value is -1.03. The van der Waals surface area contributed by atoms with E-state index in [0.717, 1.165) is 35.7 Å². The third kappa shape index (κ3) is 4.34. The summed E-state index contributed by atoms with van der Waals surface area (Å²) in [7, 11) is -0.692. The number of benzene rings is 1. The fourth-order valence-electron chi connectivity index (χ4n) is 1.29. The van der Waals surface area contributed by atoms with Crippen molar-refractivity contribution in [3.63, 3.8) is 0 Å². The van der Waals surface area contributed by atoms with Crippen LogP contribution in [0.5, 0.6) is 0 Å². The van der Waals surface area contributed by atoms with Crippen molar-refractivity contribution in [2.24, 2.45) is 0 Å². The van der Waals surface area contributed by atoms with Crippen LogP contribution < -0.4 is 11.1 Å². The Morgan fingerprint density at radius 1 is 1.47 bits per heavy atom. The summed E-state index contributed by atoms with van der Waals surface area (Å²) in [5.74, 6) is 0.751. The van der Waals surface area contributed by atoms with Crippen LogP contribution in [0.4, 0.5) is 11.4 Å². The molecule has 0 spiro atoms. The van der Waals surface area contributed by atoms with E-state index >= 15 is 0 Å². The van der Waals surface area contributed by atoms with Crippen molar-refractivity contribution >= 4 is 22.2 Å². The minimum absolute atomic E-state index is 0.692. The molecular formula is C11H18N2OS. The Balaban J connectivity index is 2.38. The fraction of sp³-hybridized carbons (Fsp3) is 0.455. The Labute approximate surface area is 93.5 Å². The molecule has 4 heteroatoms. The molecule has 0 saturated heterocycles. The second-order valence-electron chi connectivity index (χ2n) is 3.63. The molecule has 1 unspecified atom stereocenters. The Kier molecular flexibility index (Phi) is 4.62. The second-order valence-corrected chi connectivity index (χ2v) is 5.18. The van der Waals surface area contributed by atoms with Crippen molar-refractivity contribution in [3.8, 4) is 0 Å². The molecule has 0 heterocycles. The molecule has 0 bridgehead atoms. The van der Waals surface area contributed by atoms with Gasteiger partial charge in [0.05, 0.1) is 0 Å². The van der Waals surface area contributed by atoms with Gasteiger partial charge in [-0.25, -0.2) is 0 Å². The molecule has 0 saturated carbocycles. The van der Waals surface area contributed by atoms with E-state index in [1.54, 1.807) is 6.26 Å². The first-order valence-electron chi connectivity index (χ1n) is 4.99. The quantitative estimate of drug-likeness (QED) is 0.594. The van der Waals surface area contributed by atoms with Crippen LogP contribution in [-0.4, -0.2) is 22.8 Å². The zero-order valence-electron chi connectivity index (χ0n) is 9.25. The van der Waals surface area contributed by atoms with Gasteiger partial charge in [-0.2, -0.15) is 0 Å². The Bertz CT molecular complexity index is 352. The summed E-state index contributed by atoms with van der Waals surface area (Å²) in [6.07, 6.45) is 2.65. The number of nitrogens with two attached hydrogens (primary N) is 1. The van der Waals surface area contributed by atoms with Gasteiger partial charge in [0.2, 0.25) is 0 Å². The summed E-state index contributed by atoms with van der Waals surface area (Å²) in [5, 5.41) is 3.28. The summed E-state index contributed by atoms with van der Waals surface area (Å²) in [6, 6.07) is 5.89. The third-order valence-electron chi connectivity index (χ3n) is 2.21. The van der Waals surface area contributed by atoms with Gasteiger partial charge in [0.1, 0.15) is 0 Å². The zero-order chi connectivity index (χ0) is 11.3. The maximum absolute atomic E-state index is 10.8. The predicted molar refractivity (Wildman–Crippen MR) is 67.6 cm³/mol. The molecule has 0 aromatic heterocycles. The first-order valence-corrected chi connectivity index (χ1v) is 6.72. The number of nitrogens with one attached hydrogen (secondary N) is 1.